The van der Waals surface area contributed by atoms with E-state index in [2.05, 4.69) is 37.4 Å². The van der Waals surface area contributed by atoms with Gasteiger partial charge in [-0.2, -0.15) is 0 Å². The topological polar surface area (TPSA) is 86.7 Å². The number of hydrogen-bond acceptors (Lipinski definition) is 5. The highest BCUT2D eigenvalue weighted by atomic mass is 16.3. The van der Waals surface area contributed by atoms with Gasteiger partial charge in [-0.05, 0) is 17.6 Å². The van der Waals surface area contributed by atoms with Crippen molar-refractivity contribution < 1.29 is 5.11 Å². The number of benzene rings is 1. The number of anilines is 1. The van der Waals surface area contributed by atoms with Crippen molar-refractivity contribution >= 4 is 17.0 Å². The van der Waals surface area contributed by atoms with Crippen LogP contribution in [0.4, 0.5) is 5.82 Å². The first-order valence-corrected chi connectivity index (χ1v) is 7.07. The third kappa shape index (κ3) is 3.29. The van der Waals surface area contributed by atoms with E-state index in [0.717, 1.165) is 17.5 Å². The second-order valence-electron chi connectivity index (χ2n) is 4.89. The number of aliphatic hydroxyl groups is 1. The Hall–Kier alpha value is -2.73. The Kier molecular flexibility index (Phi) is 4.41. The van der Waals surface area contributed by atoms with Gasteiger partial charge < -0.3 is 15.4 Å². The van der Waals surface area contributed by atoms with Crippen LogP contribution in [-0.2, 0) is 6.42 Å². The quantitative estimate of drug-likeness (QED) is 0.605. The predicted molar refractivity (Wildman–Crippen MR) is 85.5 cm³/mol. The largest absolute Gasteiger partial charge is 0.392 e. The lowest BCUT2D eigenvalue weighted by molar-refractivity contribution is 0.328. The molecule has 0 spiro atoms. The Labute approximate surface area is 128 Å². The number of imidazole rings is 1. The molecule has 22 heavy (non-hydrogen) atoms. The zero-order valence-electron chi connectivity index (χ0n) is 12.0. The van der Waals surface area contributed by atoms with Crippen LogP contribution >= 0.6 is 0 Å². The minimum absolute atomic E-state index is 0.0415. The van der Waals surface area contributed by atoms with Crippen molar-refractivity contribution in [1.29, 1.82) is 0 Å². The van der Waals surface area contributed by atoms with Crippen LogP contribution in [0.5, 0.6) is 0 Å². The molecule has 0 aliphatic heterocycles. The first kappa shape index (κ1) is 14.2. The molecule has 3 aromatic rings. The molecule has 112 valence electrons. The fraction of sp³-hybridized carbons (Fsp3) is 0.188. The average molecular weight is 295 g/mol. The number of nitrogens with one attached hydrogen (secondary N) is 2. The monoisotopic (exact) mass is 295 g/mol. The molecule has 6 nitrogen and oxygen atoms in total. The van der Waals surface area contributed by atoms with Crippen LogP contribution in [0, 0.1) is 0 Å². The normalized spacial score (nSPS) is 11.8. The summed E-state index contributed by atoms with van der Waals surface area (Å²) >= 11 is 0. The highest BCUT2D eigenvalue weighted by Gasteiger charge is 2.04. The number of rotatable bonds is 6. The van der Waals surface area contributed by atoms with Gasteiger partial charge in [0.2, 0.25) is 0 Å². The van der Waals surface area contributed by atoms with Crippen molar-refractivity contribution in [2.45, 2.75) is 6.42 Å². The van der Waals surface area contributed by atoms with Gasteiger partial charge in [0.05, 0.1) is 12.9 Å². The molecule has 3 N–H and O–H groups in total. The number of aromatic amines is 1. The maximum Gasteiger partial charge on any atom is 0.182 e. The van der Waals surface area contributed by atoms with Crippen LogP contribution in [0.25, 0.3) is 11.2 Å². The molecule has 0 atom stereocenters. The zero-order valence-corrected chi connectivity index (χ0v) is 12.0. The summed E-state index contributed by atoms with van der Waals surface area (Å²) in [5, 5.41) is 12.7. The number of hydrogen-bond donors (Lipinski definition) is 3. The summed E-state index contributed by atoms with van der Waals surface area (Å²) in [5.74, 6) is 0.704. The standard InChI is InChI=1S/C16H17N5O/c22-9-13(8-12-4-2-1-3-5-12)6-7-17-15-14-16(19-10-18-14)21-11-20-15/h1-6,10-11,22H,7-9H2,(H2,17,18,19,20,21)/b13-6+. The van der Waals surface area contributed by atoms with Gasteiger partial charge in [-0.1, -0.05) is 36.4 Å². The molecule has 3 rings (SSSR count). The molecule has 0 bridgehead atoms. The third-order valence-electron chi connectivity index (χ3n) is 3.36. The van der Waals surface area contributed by atoms with Gasteiger partial charge in [0.1, 0.15) is 11.8 Å². The Morgan fingerprint density at radius 2 is 2.05 bits per heavy atom. The van der Waals surface area contributed by atoms with E-state index < -0.39 is 0 Å². The Balaban J connectivity index is 1.66. The molecule has 0 saturated heterocycles. The lowest BCUT2D eigenvalue weighted by atomic mass is 10.1. The second kappa shape index (κ2) is 6.82. The van der Waals surface area contributed by atoms with Gasteiger partial charge in [-0.3, -0.25) is 0 Å². The van der Waals surface area contributed by atoms with E-state index in [1.54, 1.807) is 6.33 Å². The van der Waals surface area contributed by atoms with Crippen molar-refractivity contribution in [2.24, 2.45) is 0 Å². The summed E-state index contributed by atoms with van der Waals surface area (Å²) in [4.78, 5) is 15.4. The van der Waals surface area contributed by atoms with Crippen molar-refractivity contribution in [3.8, 4) is 0 Å². The fourth-order valence-electron chi connectivity index (χ4n) is 2.24. The van der Waals surface area contributed by atoms with E-state index in [0.29, 0.717) is 18.0 Å². The number of aromatic nitrogens is 4. The van der Waals surface area contributed by atoms with Gasteiger partial charge in [0.15, 0.2) is 11.5 Å². The van der Waals surface area contributed by atoms with Crippen LogP contribution in [0.15, 0.2) is 54.6 Å². The second-order valence-corrected chi connectivity index (χ2v) is 4.89. The van der Waals surface area contributed by atoms with Crippen LogP contribution < -0.4 is 5.32 Å². The maximum absolute atomic E-state index is 9.49. The van der Waals surface area contributed by atoms with Gasteiger partial charge in [0, 0.05) is 6.54 Å². The first-order chi connectivity index (χ1) is 10.9. The fourth-order valence-corrected chi connectivity index (χ4v) is 2.24. The van der Waals surface area contributed by atoms with E-state index >= 15 is 0 Å². The summed E-state index contributed by atoms with van der Waals surface area (Å²) in [5.41, 5.74) is 3.56. The average Bonchev–Trinajstić information content (AvgIpc) is 3.04. The minimum atomic E-state index is 0.0415. The predicted octanol–water partition coefficient (Wildman–Crippen LogP) is 1.93. The molecule has 0 aliphatic carbocycles. The van der Waals surface area contributed by atoms with Gasteiger partial charge in [-0.25, -0.2) is 15.0 Å². The Morgan fingerprint density at radius 3 is 2.86 bits per heavy atom. The molecule has 0 unspecified atom stereocenters. The van der Waals surface area contributed by atoms with Crippen LogP contribution in [0.2, 0.25) is 0 Å². The van der Waals surface area contributed by atoms with E-state index in [9.17, 15) is 5.11 Å². The number of fused-ring (bicyclic) bond motifs is 1. The molecule has 0 radical (unpaired) electrons. The summed E-state index contributed by atoms with van der Waals surface area (Å²) in [6, 6.07) is 10.1. The van der Waals surface area contributed by atoms with Crippen molar-refractivity contribution in [3.05, 3.63) is 60.2 Å². The smallest absolute Gasteiger partial charge is 0.182 e. The molecule has 0 saturated carbocycles. The molecular formula is C16H17N5O. The van der Waals surface area contributed by atoms with E-state index in [1.807, 2.05) is 24.3 Å². The van der Waals surface area contributed by atoms with Gasteiger partial charge in [-0.15, -0.1) is 0 Å². The summed E-state index contributed by atoms with van der Waals surface area (Å²) in [7, 11) is 0. The lowest BCUT2D eigenvalue weighted by Gasteiger charge is -2.06. The molecule has 1 aromatic carbocycles. The number of H-pyrrole nitrogens is 1. The van der Waals surface area contributed by atoms with E-state index in [-0.39, 0.29) is 6.61 Å². The Bertz CT molecular complexity index is 766. The molecule has 0 fully saturated rings. The number of nitrogens with zero attached hydrogens (tertiary/aromatic N) is 3. The Morgan fingerprint density at radius 1 is 1.18 bits per heavy atom. The SMILES string of the molecule is OC/C(=C/CNc1ncnc2nc[nH]c12)Cc1ccccc1. The molecule has 6 heteroatoms. The van der Waals surface area contributed by atoms with Crippen molar-refractivity contribution in [2.75, 3.05) is 18.5 Å². The van der Waals surface area contributed by atoms with E-state index in [1.165, 1.54) is 11.9 Å². The minimum Gasteiger partial charge on any atom is -0.392 e. The molecule has 0 amide bonds. The molecule has 2 heterocycles. The molecule has 2 aromatic heterocycles. The van der Waals surface area contributed by atoms with E-state index in [4.69, 9.17) is 0 Å². The maximum atomic E-state index is 9.49. The number of aliphatic hydroxyl groups excluding tert-OH is 1. The molecule has 0 aliphatic rings. The van der Waals surface area contributed by atoms with Crippen LogP contribution in [-0.4, -0.2) is 38.2 Å². The van der Waals surface area contributed by atoms with Crippen LogP contribution in [0.3, 0.4) is 0 Å². The third-order valence-corrected chi connectivity index (χ3v) is 3.36. The van der Waals surface area contributed by atoms with Crippen molar-refractivity contribution in [1.82, 2.24) is 19.9 Å². The van der Waals surface area contributed by atoms with Crippen molar-refractivity contribution in [3.63, 3.8) is 0 Å². The summed E-state index contributed by atoms with van der Waals surface area (Å²) < 4.78 is 0. The first-order valence-electron chi connectivity index (χ1n) is 7.07. The van der Waals surface area contributed by atoms with Gasteiger partial charge in [0.25, 0.3) is 0 Å². The lowest BCUT2D eigenvalue weighted by Crippen LogP contribution is -2.05. The zero-order chi connectivity index (χ0) is 15.2. The highest BCUT2D eigenvalue weighted by molar-refractivity contribution is 5.81. The van der Waals surface area contributed by atoms with Crippen LogP contribution in [0.1, 0.15) is 5.56 Å². The summed E-state index contributed by atoms with van der Waals surface area (Å²) in [6.45, 7) is 0.619. The molecular weight excluding hydrogens is 278 g/mol. The van der Waals surface area contributed by atoms with Gasteiger partial charge >= 0.3 is 0 Å². The highest BCUT2D eigenvalue weighted by Crippen LogP contribution is 2.14. The summed E-state index contributed by atoms with van der Waals surface area (Å²) in [6.07, 6.45) is 5.79.